The second kappa shape index (κ2) is 7.82. The van der Waals surface area contributed by atoms with Gasteiger partial charge in [0.2, 0.25) is 0 Å². The predicted molar refractivity (Wildman–Crippen MR) is 127 cm³/mol. The molecule has 0 unspecified atom stereocenters. The van der Waals surface area contributed by atoms with E-state index in [1.807, 2.05) is 0 Å². The van der Waals surface area contributed by atoms with E-state index in [0.717, 1.165) is 0 Å². The Morgan fingerprint density at radius 3 is 1.72 bits per heavy atom. The van der Waals surface area contributed by atoms with E-state index in [4.69, 9.17) is 0 Å². The molecule has 1 atom stereocenters. The van der Waals surface area contributed by atoms with Crippen LogP contribution >= 0.6 is 7.92 Å². The third-order valence-corrected chi connectivity index (χ3v) is 8.45. The van der Waals surface area contributed by atoms with E-state index in [1.165, 1.54) is 38.4 Å². The summed E-state index contributed by atoms with van der Waals surface area (Å²) in [5.74, 6) is 0. The van der Waals surface area contributed by atoms with E-state index >= 15 is 0 Å². The minimum Gasteiger partial charge on any atom is -0.0622 e. The van der Waals surface area contributed by atoms with Crippen LogP contribution < -0.4 is 10.6 Å². The number of rotatable bonds is 3. The van der Waals surface area contributed by atoms with Crippen molar-refractivity contribution in [2.75, 3.05) is 0 Å². The first-order chi connectivity index (χ1) is 14.3. The maximum absolute atomic E-state index is 2.36. The van der Waals surface area contributed by atoms with Gasteiger partial charge in [0.05, 0.1) is 0 Å². The summed E-state index contributed by atoms with van der Waals surface area (Å²) in [7, 11) is -0.612. The molecule has 0 heterocycles. The zero-order valence-electron chi connectivity index (χ0n) is 16.5. The standard InChI is InChI=1S/C28H23P/c1-21-20-22-12-8-9-18-26(22)28(27-19-11-10-17-25(21)27)29(23-13-4-2-5-14-23)24-15-6-3-7-16-24/h2-20,28H,1H3/t28-/m1/s1. The number of benzene rings is 4. The molecule has 0 bridgehead atoms. The zero-order valence-corrected chi connectivity index (χ0v) is 17.4. The number of fused-ring (bicyclic) bond motifs is 2. The molecule has 4 aromatic rings. The van der Waals surface area contributed by atoms with Crippen molar-refractivity contribution in [3.63, 3.8) is 0 Å². The monoisotopic (exact) mass is 390 g/mol. The Balaban J connectivity index is 1.83. The molecule has 0 N–H and O–H groups in total. The van der Waals surface area contributed by atoms with E-state index in [-0.39, 0.29) is 0 Å². The summed E-state index contributed by atoms with van der Waals surface area (Å²) in [6.07, 6.45) is 2.36. The fourth-order valence-electron chi connectivity index (χ4n) is 4.37. The summed E-state index contributed by atoms with van der Waals surface area (Å²) >= 11 is 0. The van der Waals surface area contributed by atoms with Gasteiger partial charge in [-0.2, -0.15) is 0 Å². The lowest BCUT2D eigenvalue weighted by molar-refractivity contribution is 1.13. The van der Waals surface area contributed by atoms with E-state index < -0.39 is 7.92 Å². The lowest BCUT2D eigenvalue weighted by atomic mass is 9.98. The van der Waals surface area contributed by atoms with E-state index in [2.05, 4.69) is 122 Å². The van der Waals surface area contributed by atoms with E-state index in [1.54, 1.807) is 0 Å². The van der Waals surface area contributed by atoms with Crippen molar-refractivity contribution < 1.29 is 0 Å². The van der Waals surface area contributed by atoms with Crippen LogP contribution in [0.2, 0.25) is 0 Å². The van der Waals surface area contributed by atoms with Gasteiger partial charge < -0.3 is 0 Å². The average Bonchev–Trinajstić information content (AvgIpc) is 2.91. The highest BCUT2D eigenvalue weighted by Gasteiger charge is 2.32. The molecule has 0 aliphatic heterocycles. The van der Waals surface area contributed by atoms with Gasteiger partial charge in [-0.3, -0.25) is 0 Å². The third kappa shape index (κ3) is 3.35. The third-order valence-electron chi connectivity index (χ3n) is 5.67. The van der Waals surface area contributed by atoms with Crippen LogP contribution in [0.15, 0.2) is 109 Å². The molecular formula is C28H23P. The largest absolute Gasteiger partial charge is 0.0622 e. The molecule has 29 heavy (non-hydrogen) atoms. The highest BCUT2D eigenvalue weighted by atomic mass is 31.1. The molecular weight excluding hydrogens is 367 g/mol. The Hall–Kier alpha value is -2.95. The number of hydrogen-bond donors (Lipinski definition) is 0. The lowest BCUT2D eigenvalue weighted by Crippen LogP contribution is -2.18. The first-order valence-electron chi connectivity index (χ1n) is 10.1. The van der Waals surface area contributed by atoms with Crippen molar-refractivity contribution in [3.05, 3.63) is 131 Å². The van der Waals surface area contributed by atoms with Gasteiger partial charge in [-0.15, -0.1) is 0 Å². The van der Waals surface area contributed by atoms with E-state index in [9.17, 15) is 0 Å². The quantitative estimate of drug-likeness (QED) is 0.338. The Morgan fingerprint density at radius 2 is 1.07 bits per heavy atom. The summed E-state index contributed by atoms with van der Waals surface area (Å²) < 4.78 is 0. The molecule has 1 aliphatic carbocycles. The smallest absolute Gasteiger partial charge is 0.0384 e. The number of allylic oxidation sites excluding steroid dienone is 1. The maximum Gasteiger partial charge on any atom is 0.0384 e. The molecule has 4 aromatic carbocycles. The van der Waals surface area contributed by atoms with Gasteiger partial charge in [-0.1, -0.05) is 115 Å². The van der Waals surface area contributed by atoms with Crippen LogP contribution in [-0.2, 0) is 0 Å². The first kappa shape index (κ1) is 18.1. The van der Waals surface area contributed by atoms with E-state index in [0.29, 0.717) is 5.66 Å². The SMILES string of the molecule is CC1=Cc2ccccc2[C@@H](P(c2ccccc2)c2ccccc2)c2ccccc21. The molecule has 0 spiro atoms. The normalized spacial score (nSPS) is 15.2. The molecule has 0 amide bonds. The molecule has 0 saturated carbocycles. The molecule has 0 fully saturated rings. The average molecular weight is 390 g/mol. The number of hydrogen-bond acceptors (Lipinski definition) is 0. The molecule has 1 aliphatic rings. The lowest BCUT2D eigenvalue weighted by Gasteiger charge is -2.31. The van der Waals surface area contributed by atoms with Crippen LogP contribution in [0, 0.1) is 0 Å². The second-order valence-corrected chi connectivity index (χ2v) is 9.78. The molecule has 0 saturated heterocycles. The molecule has 140 valence electrons. The van der Waals surface area contributed by atoms with Gasteiger partial charge in [0, 0.05) is 5.66 Å². The van der Waals surface area contributed by atoms with Crippen LogP contribution in [0.1, 0.15) is 34.8 Å². The summed E-state index contributed by atoms with van der Waals surface area (Å²) in [6, 6.07) is 40.0. The van der Waals surface area contributed by atoms with Gasteiger partial charge in [-0.25, -0.2) is 0 Å². The Kier molecular flexibility index (Phi) is 4.88. The second-order valence-electron chi connectivity index (χ2n) is 7.49. The highest BCUT2D eigenvalue weighted by Crippen LogP contribution is 2.56. The Bertz CT molecular complexity index is 1120. The van der Waals surface area contributed by atoms with Crippen molar-refractivity contribution >= 4 is 30.2 Å². The van der Waals surface area contributed by atoms with Gasteiger partial charge in [0.1, 0.15) is 0 Å². The van der Waals surface area contributed by atoms with Gasteiger partial charge in [-0.05, 0) is 53.3 Å². The van der Waals surface area contributed by atoms with Gasteiger partial charge in [0.15, 0.2) is 0 Å². The van der Waals surface area contributed by atoms with Gasteiger partial charge >= 0.3 is 0 Å². The molecule has 0 radical (unpaired) electrons. The zero-order chi connectivity index (χ0) is 19.6. The van der Waals surface area contributed by atoms with Crippen molar-refractivity contribution in [2.24, 2.45) is 0 Å². The Morgan fingerprint density at radius 1 is 0.552 bits per heavy atom. The fraction of sp³-hybridized carbons (Fsp3) is 0.0714. The van der Waals surface area contributed by atoms with Crippen molar-refractivity contribution in [2.45, 2.75) is 12.6 Å². The Labute approximate surface area is 174 Å². The molecule has 5 rings (SSSR count). The van der Waals surface area contributed by atoms with Crippen LogP contribution in [0.25, 0.3) is 11.6 Å². The summed E-state index contributed by atoms with van der Waals surface area (Å²) in [5, 5.41) is 2.84. The summed E-state index contributed by atoms with van der Waals surface area (Å²) in [4.78, 5) is 0. The molecule has 1 heteroatoms. The summed E-state index contributed by atoms with van der Waals surface area (Å²) in [5.41, 5.74) is 7.22. The minimum atomic E-state index is -0.612. The predicted octanol–water partition coefficient (Wildman–Crippen LogP) is 6.78. The van der Waals surface area contributed by atoms with Crippen LogP contribution in [0.5, 0.6) is 0 Å². The van der Waals surface area contributed by atoms with Crippen LogP contribution in [0.4, 0.5) is 0 Å². The fourth-order valence-corrected chi connectivity index (χ4v) is 7.26. The molecule has 0 aromatic heterocycles. The minimum absolute atomic E-state index is 0.316. The van der Waals surface area contributed by atoms with Crippen molar-refractivity contribution in [1.82, 2.24) is 0 Å². The maximum atomic E-state index is 2.36. The van der Waals surface area contributed by atoms with Crippen molar-refractivity contribution in [1.29, 1.82) is 0 Å². The summed E-state index contributed by atoms with van der Waals surface area (Å²) in [6.45, 7) is 2.24. The topological polar surface area (TPSA) is 0 Å². The van der Waals surface area contributed by atoms with Gasteiger partial charge in [0.25, 0.3) is 0 Å². The van der Waals surface area contributed by atoms with Crippen molar-refractivity contribution in [3.8, 4) is 0 Å². The van der Waals surface area contributed by atoms with Crippen LogP contribution in [0.3, 0.4) is 0 Å². The highest BCUT2D eigenvalue weighted by molar-refractivity contribution is 7.73. The first-order valence-corrected chi connectivity index (χ1v) is 11.5. The molecule has 0 nitrogen and oxygen atoms in total. The van der Waals surface area contributed by atoms with Crippen LogP contribution in [-0.4, -0.2) is 0 Å².